The lowest BCUT2D eigenvalue weighted by Crippen LogP contribution is -2.18. The molecule has 2 rings (SSSR count). The monoisotopic (exact) mass is 307 g/mol. The van der Waals surface area contributed by atoms with Crippen molar-refractivity contribution in [2.24, 2.45) is 0 Å². The van der Waals surface area contributed by atoms with Gasteiger partial charge in [0.1, 0.15) is 21.5 Å². The molecule has 1 aliphatic rings. The maximum absolute atomic E-state index is 11.9. The SMILES string of the molecule is CCOC(=O)c1sc(NC2CCCCCC2)c(C#N)c1N. The normalized spacial score (nSPS) is 16.0. The number of carbonyl (C=O) groups is 1. The number of carbonyl (C=O) groups excluding carboxylic acids is 1. The largest absolute Gasteiger partial charge is 0.462 e. The van der Waals surface area contributed by atoms with E-state index in [1.54, 1.807) is 6.92 Å². The Balaban J connectivity index is 2.20. The van der Waals surface area contributed by atoms with Crippen LogP contribution in [0.5, 0.6) is 0 Å². The van der Waals surface area contributed by atoms with Gasteiger partial charge in [-0.2, -0.15) is 5.26 Å². The van der Waals surface area contributed by atoms with Crippen LogP contribution in [0.2, 0.25) is 0 Å². The van der Waals surface area contributed by atoms with Crippen molar-refractivity contribution in [3.8, 4) is 6.07 Å². The van der Waals surface area contributed by atoms with Crippen molar-refractivity contribution in [3.63, 3.8) is 0 Å². The third-order valence-corrected chi connectivity index (χ3v) is 4.82. The van der Waals surface area contributed by atoms with Crippen molar-refractivity contribution in [3.05, 3.63) is 10.4 Å². The van der Waals surface area contributed by atoms with E-state index in [4.69, 9.17) is 10.5 Å². The third-order valence-electron chi connectivity index (χ3n) is 3.71. The van der Waals surface area contributed by atoms with Crippen LogP contribution >= 0.6 is 11.3 Å². The Hall–Kier alpha value is -1.74. The Labute approximate surface area is 129 Å². The molecular weight excluding hydrogens is 286 g/mol. The number of hydrogen-bond donors (Lipinski definition) is 2. The maximum Gasteiger partial charge on any atom is 0.350 e. The first-order valence-electron chi connectivity index (χ1n) is 7.43. The number of nitrogens with two attached hydrogens (primary N) is 1. The summed E-state index contributed by atoms with van der Waals surface area (Å²) in [5.41, 5.74) is 6.53. The number of anilines is 2. The second-order valence-corrected chi connectivity index (χ2v) is 6.23. The predicted octanol–water partition coefficient (Wildman–Crippen LogP) is 3.51. The summed E-state index contributed by atoms with van der Waals surface area (Å²) in [6.45, 7) is 2.04. The molecule has 21 heavy (non-hydrogen) atoms. The number of thiophene rings is 1. The fraction of sp³-hybridized carbons (Fsp3) is 0.600. The van der Waals surface area contributed by atoms with Crippen molar-refractivity contribution in [1.29, 1.82) is 5.26 Å². The Morgan fingerprint density at radius 1 is 1.43 bits per heavy atom. The molecule has 5 nitrogen and oxygen atoms in total. The molecule has 6 heteroatoms. The van der Waals surface area contributed by atoms with Gasteiger partial charge in [-0.3, -0.25) is 0 Å². The molecule has 0 unspecified atom stereocenters. The van der Waals surface area contributed by atoms with Gasteiger partial charge in [0.25, 0.3) is 0 Å². The zero-order valence-electron chi connectivity index (χ0n) is 12.3. The van der Waals surface area contributed by atoms with Gasteiger partial charge < -0.3 is 15.8 Å². The molecule has 0 atom stereocenters. The van der Waals surface area contributed by atoms with Crippen LogP contribution in [0.1, 0.15) is 60.7 Å². The number of ether oxygens (including phenoxy) is 1. The topological polar surface area (TPSA) is 88.1 Å². The lowest BCUT2D eigenvalue weighted by Gasteiger charge is -2.16. The van der Waals surface area contributed by atoms with Gasteiger partial charge >= 0.3 is 5.97 Å². The molecule has 0 bridgehead atoms. The van der Waals surface area contributed by atoms with Crippen molar-refractivity contribution in [2.45, 2.75) is 51.5 Å². The number of hydrogen-bond acceptors (Lipinski definition) is 6. The fourth-order valence-corrected chi connectivity index (χ4v) is 3.66. The summed E-state index contributed by atoms with van der Waals surface area (Å²) in [5, 5.41) is 13.4. The van der Waals surface area contributed by atoms with E-state index in [1.165, 1.54) is 37.0 Å². The molecule has 3 N–H and O–H groups in total. The Kier molecular flexibility index (Phi) is 5.45. The van der Waals surface area contributed by atoms with Gasteiger partial charge in [-0.1, -0.05) is 25.7 Å². The minimum atomic E-state index is -0.453. The van der Waals surface area contributed by atoms with E-state index < -0.39 is 5.97 Å². The van der Waals surface area contributed by atoms with Crippen molar-refractivity contribution < 1.29 is 9.53 Å². The minimum Gasteiger partial charge on any atom is -0.462 e. The number of nitrogens with zero attached hydrogens (tertiary/aromatic N) is 1. The second-order valence-electron chi connectivity index (χ2n) is 5.21. The highest BCUT2D eigenvalue weighted by atomic mass is 32.1. The van der Waals surface area contributed by atoms with Gasteiger partial charge in [0.2, 0.25) is 0 Å². The Bertz CT molecular complexity index is 540. The summed E-state index contributed by atoms with van der Waals surface area (Å²) >= 11 is 1.23. The zero-order chi connectivity index (χ0) is 15.2. The zero-order valence-corrected chi connectivity index (χ0v) is 13.1. The lowest BCUT2D eigenvalue weighted by molar-refractivity contribution is 0.0533. The van der Waals surface area contributed by atoms with E-state index in [9.17, 15) is 10.1 Å². The summed E-state index contributed by atoms with van der Waals surface area (Å²) in [6, 6.07) is 2.46. The minimum absolute atomic E-state index is 0.233. The average Bonchev–Trinajstić information content (AvgIpc) is 2.65. The molecule has 1 aromatic heterocycles. The summed E-state index contributed by atoms with van der Waals surface area (Å²) < 4.78 is 4.99. The van der Waals surface area contributed by atoms with Crippen molar-refractivity contribution >= 4 is 28.0 Å². The van der Waals surface area contributed by atoms with Crippen LogP contribution in [0, 0.1) is 11.3 Å². The first-order valence-corrected chi connectivity index (χ1v) is 8.25. The smallest absolute Gasteiger partial charge is 0.350 e. The van der Waals surface area contributed by atoms with Crippen molar-refractivity contribution in [2.75, 3.05) is 17.7 Å². The number of nitriles is 1. The van der Waals surface area contributed by atoms with Crippen LogP contribution in [0.3, 0.4) is 0 Å². The van der Waals surface area contributed by atoms with Crippen LogP contribution in [0.25, 0.3) is 0 Å². The highest BCUT2D eigenvalue weighted by Gasteiger charge is 2.23. The average molecular weight is 307 g/mol. The summed E-state index contributed by atoms with van der Waals surface area (Å²) in [5.74, 6) is -0.453. The van der Waals surface area contributed by atoms with Gasteiger partial charge in [0.05, 0.1) is 12.3 Å². The number of nitrogens with one attached hydrogen (secondary N) is 1. The predicted molar refractivity (Wildman–Crippen MR) is 84.5 cm³/mol. The summed E-state index contributed by atoms with van der Waals surface area (Å²) in [6.07, 6.45) is 7.12. The maximum atomic E-state index is 11.9. The molecule has 1 aromatic rings. The molecule has 0 saturated heterocycles. The second kappa shape index (κ2) is 7.32. The number of nitrogen functional groups attached to an aromatic ring is 1. The van der Waals surface area contributed by atoms with Crippen LogP contribution in [-0.2, 0) is 4.74 Å². The van der Waals surface area contributed by atoms with Crippen LogP contribution in [-0.4, -0.2) is 18.6 Å². The number of esters is 1. The highest BCUT2D eigenvalue weighted by Crippen LogP contribution is 2.37. The molecule has 0 amide bonds. The van der Waals surface area contributed by atoms with Gasteiger partial charge in [0.15, 0.2) is 0 Å². The molecular formula is C15H21N3O2S. The molecule has 1 heterocycles. The van der Waals surface area contributed by atoms with Crippen molar-refractivity contribution in [1.82, 2.24) is 0 Å². The van der Waals surface area contributed by atoms with Crippen LogP contribution in [0.15, 0.2) is 0 Å². The van der Waals surface area contributed by atoms with E-state index in [-0.39, 0.29) is 5.69 Å². The molecule has 1 saturated carbocycles. The van der Waals surface area contributed by atoms with E-state index >= 15 is 0 Å². The van der Waals surface area contributed by atoms with E-state index in [1.807, 2.05) is 0 Å². The van der Waals surface area contributed by atoms with Crippen LogP contribution in [0.4, 0.5) is 10.7 Å². The highest BCUT2D eigenvalue weighted by molar-refractivity contribution is 7.18. The Morgan fingerprint density at radius 3 is 2.67 bits per heavy atom. The van der Waals surface area contributed by atoms with Crippen LogP contribution < -0.4 is 11.1 Å². The molecule has 1 fully saturated rings. The first-order chi connectivity index (χ1) is 10.2. The van der Waals surface area contributed by atoms with Gasteiger partial charge in [0, 0.05) is 6.04 Å². The van der Waals surface area contributed by atoms with Gasteiger partial charge in [-0.15, -0.1) is 11.3 Å². The quantitative estimate of drug-likeness (QED) is 0.656. The molecule has 0 spiro atoms. The number of rotatable bonds is 4. The first kappa shape index (κ1) is 15.6. The molecule has 114 valence electrons. The molecule has 0 aromatic carbocycles. The van der Waals surface area contributed by atoms with Gasteiger partial charge in [-0.05, 0) is 19.8 Å². The Morgan fingerprint density at radius 2 is 2.10 bits per heavy atom. The lowest BCUT2D eigenvalue weighted by atomic mass is 10.1. The molecule has 0 radical (unpaired) electrons. The molecule has 1 aliphatic carbocycles. The summed E-state index contributed by atoms with van der Waals surface area (Å²) in [7, 11) is 0. The fourth-order valence-electron chi connectivity index (χ4n) is 2.61. The van der Waals surface area contributed by atoms with E-state index in [0.717, 1.165) is 12.8 Å². The standard InChI is InChI=1S/C15H21N3O2S/c1-2-20-15(19)13-12(17)11(9-16)14(21-13)18-10-7-5-3-4-6-8-10/h10,18H,2-8,17H2,1H3. The van der Waals surface area contributed by atoms with E-state index in [0.29, 0.717) is 28.1 Å². The molecule has 0 aliphatic heterocycles. The van der Waals surface area contributed by atoms with E-state index in [2.05, 4.69) is 11.4 Å². The summed E-state index contributed by atoms with van der Waals surface area (Å²) in [4.78, 5) is 12.2. The van der Waals surface area contributed by atoms with Gasteiger partial charge in [-0.25, -0.2) is 4.79 Å². The third kappa shape index (κ3) is 3.67.